The quantitative estimate of drug-likeness (QED) is 0.135. The molecular weight excluding hydrogens is 667 g/mol. The van der Waals surface area contributed by atoms with Gasteiger partial charge in [-0.25, -0.2) is 18.2 Å². The molecule has 49 heavy (non-hydrogen) atoms. The fourth-order valence-electron chi connectivity index (χ4n) is 5.20. The number of thiazole rings is 1. The third-order valence-electron chi connectivity index (χ3n) is 8.15. The molecule has 15 heteroatoms. The van der Waals surface area contributed by atoms with Gasteiger partial charge in [0.1, 0.15) is 17.6 Å². The number of sulfonamides is 1. The lowest BCUT2D eigenvalue weighted by atomic mass is 9.96. The van der Waals surface area contributed by atoms with Crippen molar-refractivity contribution in [3.63, 3.8) is 0 Å². The van der Waals surface area contributed by atoms with Gasteiger partial charge in [-0.15, -0.1) is 11.3 Å². The van der Waals surface area contributed by atoms with Gasteiger partial charge in [0.15, 0.2) is 0 Å². The number of nitroso groups, excluding NO2 is 1. The van der Waals surface area contributed by atoms with E-state index in [0.717, 1.165) is 10.6 Å². The van der Waals surface area contributed by atoms with E-state index < -0.39 is 40.1 Å². The highest BCUT2D eigenvalue weighted by Crippen LogP contribution is 2.21. The molecule has 0 bridgehead atoms. The zero-order valence-corrected chi connectivity index (χ0v) is 30.4. The van der Waals surface area contributed by atoms with Crippen molar-refractivity contribution in [2.45, 2.75) is 83.3 Å². The van der Waals surface area contributed by atoms with E-state index in [1.807, 2.05) is 63.4 Å². The third-order valence-corrected chi connectivity index (χ3v) is 10.9. The Hall–Kier alpha value is -3.76. The molecule has 2 aromatic carbocycles. The normalized spacial score (nSPS) is 14.2. The maximum atomic E-state index is 13.9. The second-order valence-corrected chi connectivity index (χ2v) is 15.5. The van der Waals surface area contributed by atoms with Crippen molar-refractivity contribution in [1.82, 2.24) is 24.8 Å². The summed E-state index contributed by atoms with van der Waals surface area (Å²) in [5, 5.41) is 22.9. The average molecular weight is 716 g/mol. The molecule has 0 saturated carbocycles. The van der Waals surface area contributed by atoms with Crippen LogP contribution in [0.5, 0.6) is 0 Å². The minimum Gasteiger partial charge on any atom is -0.390 e. The van der Waals surface area contributed by atoms with Crippen LogP contribution in [0, 0.1) is 16.7 Å². The third kappa shape index (κ3) is 11.7. The molecule has 13 nitrogen and oxygen atoms in total. The summed E-state index contributed by atoms with van der Waals surface area (Å²) < 4.78 is 28.9. The van der Waals surface area contributed by atoms with Crippen molar-refractivity contribution in [1.29, 1.82) is 0 Å². The van der Waals surface area contributed by atoms with Crippen molar-refractivity contribution >= 4 is 33.3 Å². The van der Waals surface area contributed by atoms with Crippen LogP contribution in [0.3, 0.4) is 0 Å². The number of hydrogen-bond donors (Lipinski definition) is 4. The van der Waals surface area contributed by atoms with Gasteiger partial charge in [0.2, 0.25) is 15.9 Å². The summed E-state index contributed by atoms with van der Waals surface area (Å²) in [7, 11) is -2.45. The van der Waals surface area contributed by atoms with E-state index in [9.17, 15) is 28.0 Å². The molecule has 0 saturated heterocycles. The largest absolute Gasteiger partial charge is 0.390 e. The predicted molar refractivity (Wildman–Crippen MR) is 191 cm³/mol. The fourth-order valence-corrected chi connectivity index (χ4v) is 7.49. The molecule has 4 atom stereocenters. The first-order valence-corrected chi connectivity index (χ1v) is 18.7. The number of nitrogens with zero attached hydrogens (tertiary/aromatic N) is 4. The number of hydrogen-bond acceptors (Lipinski definition) is 10. The number of rotatable bonds is 19. The maximum Gasteiger partial charge on any atom is 0.318 e. The Kier molecular flexibility index (Phi) is 15.3. The summed E-state index contributed by atoms with van der Waals surface area (Å²) in [5.41, 5.74) is 7.76. The Morgan fingerprint density at radius 3 is 2.27 bits per heavy atom. The molecule has 1 aromatic heterocycles. The van der Waals surface area contributed by atoms with Crippen LogP contribution in [0.4, 0.5) is 4.79 Å². The maximum absolute atomic E-state index is 13.9. The van der Waals surface area contributed by atoms with E-state index in [-0.39, 0.29) is 49.3 Å². The number of nitrogens with two attached hydrogens (primary N) is 1. The molecule has 3 amide bonds. The van der Waals surface area contributed by atoms with Gasteiger partial charge in [-0.3, -0.25) is 4.79 Å². The van der Waals surface area contributed by atoms with Gasteiger partial charge in [-0.1, -0.05) is 81.8 Å². The topological polar surface area (TPSA) is 187 Å². The number of benzene rings is 2. The average Bonchev–Trinajstić information content (AvgIpc) is 3.54. The lowest BCUT2D eigenvalue weighted by molar-refractivity contribution is -0.125. The number of aromatic nitrogens is 1. The summed E-state index contributed by atoms with van der Waals surface area (Å²) in [6.45, 7) is 7.80. The number of carbonyl (C=O) groups is 2. The summed E-state index contributed by atoms with van der Waals surface area (Å²) in [6.07, 6.45) is -0.513. The van der Waals surface area contributed by atoms with Gasteiger partial charge < -0.3 is 26.4 Å². The lowest BCUT2D eigenvalue weighted by Crippen LogP contribution is -2.58. The number of urea groups is 1. The molecule has 0 spiro atoms. The van der Waals surface area contributed by atoms with Crippen LogP contribution in [-0.2, 0) is 40.9 Å². The molecule has 0 unspecified atom stereocenters. The zero-order chi connectivity index (χ0) is 36.1. The van der Waals surface area contributed by atoms with Crippen molar-refractivity contribution in [2.24, 2.45) is 22.7 Å². The number of aliphatic hydroxyl groups excluding tert-OH is 1. The van der Waals surface area contributed by atoms with Crippen molar-refractivity contribution in [3.05, 3.63) is 86.7 Å². The second kappa shape index (κ2) is 18.9. The monoisotopic (exact) mass is 715 g/mol. The first-order chi connectivity index (χ1) is 23.3. The smallest absolute Gasteiger partial charge is 0.318 e. The van der Waals surface area contributed by atoms with Crippen LogP contribution in [0.25, 0.3) is 0 Å². The molecule has 0 fully saturated rings. The van der Waals surface area contributed by atoms with E-state index in [4.69, 9.17) is 5.73 Å². The molecule has 0 aliphatic rings. The number of amides is 3. The lowest BCUT2D eigenvalue weighted by Gasteiger charge is -2.33. The Labute approximate surface area is 293 Å². The van der Waals surface area contributed by atoms with E-state index in [1.54, 1.807) is 7.05 Å². The molecule has 0 radical (unpaired) electrons. The first-order valence-electron chi connectivity index (χ1n) is 16.3. The van der Waals surface area contributed by atoms with Gasteiger partial charge >= 0.3 is 6.03 Å². The van der Waals surface area contributed by atoms with Gasteiger partial charge in [0.25, 0.3) is 0 Å². The predicted octanol–water partition coefficient (Wildman–Crippen LogP) is 3.86. The summed E-state index contributed by atoms with van der Waals surface area (Å²) >= 11 is 1.41. The number of aliphatic hydroxyl groups is 1. The Morgan fingerprint density at radius 1 is 1.02 bits per heavy atom. The minimum absolute atomic E-state index is 0.0132. The molecule has 0 aliphatic heterocycles. The summed E-state index contributed by atoms with van der Waals surface area (Å²) in [5.74, 6) is -0.825. The highest BCUT2D eigenvalue weighted by molar-refractivity contribution is 7.89. The second-order valence-electron chi connectivity index (χ2n) is 12.6. The SMILES string of the molecule is CC[C@H](C)[C@H](NC(=O)N(C)Cc1csc(CN)n1)C(=O)N[C@@H](Cc1ccccc1)[C@H](O)CN(CC(C)C)S(=O)(=O)c1ccc(CN=O)cc1. The molecule has 268 valence electrons. The van der Waals surface area contributed by atoms with E-state index in [0.29, 0.717) is 24.2 Å². The Morgan fingerprint density at radius 2 is 1.69 bits per heavy atom. The zero-order valence-electron chi connectivity index (χ0n) is 28.8. The Bertz CT molecular complexity index is 1600. The molecule has 5 N–H and O–H groups in total. The standard InChI is InChI=1S/C34H49N7O6S2/c1-6-24(4)32(39-34(44)40(5)20-27-22-48-31(17-35)37-27)33(43)38-29(16-25-10-8-7-9-11-25)30(42)21-41(19-23(2)3)49(46,47)28-14-12-26(13-15-28)18-36-45/h7-15,22-24,29-30,32,42H,6,16-21,35H2,1-5H3,(H,38,43)(H,39,44)/t24-,29-,30+,32-/m0/s1. The van der Waals surface area contributed by atoms with Crippen molar-refractivity contribution in [3.8, 4) is 0 Å². The highest BCUT2D eigenvalue weighted by atomic mass is 32.2. The van der Waals surface area contributed by atoms with Crippen LogP contribution in [0.2, 0.25) is 0 Å². The van der Waals surface area contributed by atoms with Crippen LogP contribution < -0.4 is 16.4 Å². The molecular formula is C34H49N7O6S2. The van der Waals surface area contributed by atoms with Crippen LogP contribution in [-0.4, -0.2) is 78.0 Å². The van der Waals surface area contributed by atoms with Crippen LogP contribution >= 0.6 is 11.3 Å². The molecule has 1 heterocycles. The van der Waals surface area contributed by atoms with E-state index in [2.05, 4.69) is 20.8 Å². The summed E-state index contributed by atoms with van der Waals surface area (Å²) in [4.78, 5) is 43.7. The molecule has 3 rings (SSSR count). The van der Waals surface area contributed by atoms with Crippen molar-refractivity contribution in [2.75, 3.05) is 20.1 Å². The summed E-state index contributed by atoms with van der Waals surface area (Å²) in [6, 6.07) is 12.9. The van der Waals surface area contributed by atoms with Crippen molar-refractivity contribution < 1.29 is 23.1 Å². The van der Waals surface area contributed by atoms with E-state index in [1.165, 1.54) is 44.8 Å². The van der Waals surface area contributed by atoms with Gasteiger partial charge in [0, 0.05) is 32.1 Å². The number of carbonyl (C=O) groups excluding carboxylic acids is 2. The van der Waals surface area contributed by atoms with Gasteiger partial charge in [-0.2, -0.15) is 9.21 Å². The first kappa shape index (κ1) is 39.7. The van der Waals surface area contributed by atoms with Gasteiger partial charge in [-0.05, 0) is 41.5 Å². The highest BCUT2D eigenvalue weighted by Gasteiger charge is 2.34. The molecule has 0 aliphatic carbocycles. The van der Waals surface area contributed by atoms with Crippen LogP contribution in [0.1, 0.15) is 55.9 Å². The Balaban J connectivity index is 1.85. The molecule has 3 aromatic rings. The number of nitrogens with one attached hydrogen (secondary N) is 2. The minimum atomic E-state index is -4.07. The van der Waals surface area contributed by atoms with Crippen LogP contribution in [0.15, 0.2) is 70.0 Å². The van der Waals surface area contributed by atoms with E-state index >= 15 is 0 Å². The van der Waals surface area contributed by atoms with Gasteiger partial charge in [0.05, 0.1) is 29.3 Å². The fraction of sp³-hybridized carbons (Fsp3) is 0.500.